The number of rotatable bonds is 8. The van der Waals surface area contributed by atoms with Gasteiger partial charge in [-0.15, -0.1) is 0 Å². The number of ether oxygens (including phenoxy) is 3. The first-order valence-electron chi connectivity index (χ1n) is 7.07. The molecule has 0 aliphatic carbocycles. The first kappa shape index (κ1) is 18.0. The Hall–Kier alpha value is -2.32. The Balaban J connectivity index is 2.00. The Morgan fingerprint density at radius 1 is 1.04 bits per heavy atom. The standard InChI is InChI=1S/C16H18FNO5S/c1-21-12-7-8-16(15(11-12)22-2)24(19,20)18-9-10-23-14-6-4-3-5-13(14)17/h3-8,11,18H,9-10H2,1-2H3. The average Bonchev–Trinajstić information content (AvgIpc) is 2.59. The lowest BCUT2D eigenvalue weighted by Crippen LogP contribution is -2.28. The number of halogens is 1. The highest BCUT2D eigenvalue weighted by Gasteiger charge is 2.19. The molecule has 0 atom stereocenters. The van der Waals surface area contributed by atoms with Gasteiger partial charge < -0.3 is 14.2 Å². The molecular weight excluding hydrogens is 337 g/mol. The number of nitrogens with one attached hydrogen (secondary N) is 1. The van der Waals surface area contributed by atoms with Crippen molar-refractivity contribution in [1.29, 1.82) is 0 Å². The summed E-state index contributed by atoms with van der Waals surface area (Å²) >= 11 is 0. The van der Waals surface area contributed by atoms with E-state index in [1.807, 2.05) is 0 Å². The molecule has 0 saturated carbocycles. The van der Waals surface area contributed by atoms with Gasteiger partial charge in [-0.25, -0.2) is 17.5 Å². The zero-order valence-electron chi connectivity index (χ0n) is 13.3. The Labute approximate surface area is 140 Å². The minimum absolute atomic E-state index is 0.0152. The minimum atomic E-state index is -3.80. The normalized spacial score (nSPS) is 11.1. The summed E-state index contributed by atoms with van der Waals surface area (Å²) in [4.78, 5) is -0.0170. The molecule has 1 N–H and O–H groups in total. The van der Waals surface area contributed by atoms with Gasteiger partial charge in [-0.05, 0) is 24.3 Å². The van der Waals surface area contributed by atoms with Crippen LogP contribution < -0.4 is 18.9 Å². The quantitative estimate of drug-likeness (QED) is 0.735. The van der Waals surface area contributed by atoms with Crippen molar-refractivity contribution in [2.75, 3.05) is 27.4 Å². The molecule has 0 aromatic heterocycles. The molecule has 0 amide bonds. The summed E-state index contributed by atoms with van der Waals surface area (Å²) in [6, 6.07) is 10.3. The van der Waals surface area contributed by atoms with E-state index in [0.29, 0.717) is 5.75 Å². The molecule has 0 radical (unpaired) electrons. The number of hydrogen-bond acceptors (Lipinski definition) is 5. The minimum Gasteiger partial charge on any atom is -0.497 e. The van der Waals surface area contributed by atoms with Crippen LogP contribution in [0.1, 0.15) is 0 Å². The summed E-state index contributed by atoms with van der Waals surface area (Å²) in [5.41, 5.74) is 0. The summed E-state index contributed by atoms with van der Waals surface area (Å²) in [6.07, 6.45) is 0. The first-order valence-corrected chi connectivity index (χ1v) is 8.55. The lowest BCUT2D eigenvalue weighted by atomic mass is 10.3. The van der Waals surface area contributed by atoms with Crippen molar-refractivity contribution < 1.29 is 27.0 Å². The van der Waals surface area contributed by atoms with Crippen LogP contribution in [0.5, 0.6) is 17.2 Å². The van der Waals surface area contributed by atoms with Crippen molar-refractivity contribution >= 4 is 10.0 Å². The monoisotopic (exact) mass is 355 g/mol. The van der Waals surface area contributed by atoms with Gasteiger partial charge in [0.05, 0.1) is 14.2 Å². The van der Waals surface area contributed by atoms with Gasteiger partial charge in [-0.3, -0.25) is 0 Å². The van der Waals surface area contributed by atoms with E-state index < -0.39 is 15.8 Å². The fourth-order valence-corrected chi connectivity index (χ4v) is 3.14. The molecule has 0 unspecified atom stereocenters. The molecule has 0 fully saturated rings. The van der Waals surface area contributed by atoms with Gasteiger partial charge in [-0.2, -0.15) is 0 Å². The van der Waals surface area contributed by atoms with Crippen LogP contribution in [0.3, 0.4) is 0 Å². The molecule has 24 heavy (non-hydrogen) atoms. The van der Waals surface area contributed by atoms with E-state index in [2.05, 4.69) is 4.72 Å². The van der Waals surface area contributed by atoms with Crippen LogP contribution in [0, 0.1) is 5.82 Å². The number of hydrogen-bond donors (Lipinski definition) is 1. The van der Waals surface area contributed by atoms with Crippen molar-refractivity contribution in [3.63, 3.8) is 0 Å². The van der Waals surface area contributed by atoms with Gasteiger partial charge in [0, 0.05) is 12.6 Å². The Bertz CT molecular complexity index is 795. The predicted octanol–water partition coefficient (Wildman–Crippen LogP) is 2.20. The SMILES string of the molecule is COc1ccc(S(=O)(=O)NCCOc2ccccc2F)c(OC)c1. The molecule has 2 rings (SSSR count). The molecule has 0 aliphatic rings. The van der Waals surface area contributed by atoms with Crippen LogP contribution in [-0.2, 0) is 10.0 Å². The highest BCUT2D eigenvalue weighted by atomic mass is 32.2. The van der Waals surface area contributed by atoms with Gasteiger partial charge in [0.1, 0.15) is 23.0 Å². The molecule has 0 spiro atoms. The summed E-state index contributed by atoms with van der Waals surface area (Å²) in [6.45, 7) is -0.0372. The molecule has 130 valence electrons. The van der Waals surface area contributed by atoms with Crippen LogP contribution in [0.4, 0.5) is 4.39 Å². The Morgan fingerprint density at radius 3 is 2.46 bits per heavy atom. The Kier molecular flexibility index (Phi) is 5.99. The lowest BCUT2D eigenvalue weighted by molar-refractivity contribution is 0.306. The molecule has 8 heteroatoms. The molecule has 0 bridgehead atoms. The van der Waals surface area contributed by atoms with E-state index in [1.165, 1.54) is 44.6 Å². The molecule has 2 aromatic rings. The third-order valence-electron chi connectivity index (χ3n) is 3.15. The molecular formula is C16H18FNO5S. The third-order valence-corrected chi connectivity index (χ3v) is 4.65. The average molecular weight is 355 g/mol. The van der Waals surface area contributed by atoms with E-state index in [-0.39, 0.29) is 29.5 Å². The van der Waals surface area contributed by atoms with Crippen LogP contribution in [0.25, 0.3) is 0 Å². The molecule has 0 saturated heterocycles. The van der Waals surface area contributed by atoms with Crippen LogP contribution in [0.15, 0.2) is 47.4 Å². The zero-order valence-corrected chi connectivity index (χ0v) is 14.1. The maximum absolute atomic E-state index is 13.4. The van der Waals surface area contributed by atoms with Gasteiger partial charge in [0.15, 0.2) is 11.6 Å². The topological polar surface area (TPSA) is 73.9 Å². The van der Waals surface area contributed by atoms with Crippen LogP contribution in [-0.4, -0.2) is 35.8 Å². The number of methoxy groups -OCH3 is 2. The highest BCUT2D eigenvalue weighted by Crippen LogP contribution is 2.28. The number of para-hydroxylation sites is 1. The second-order valence-corrected chi connectivity index (χ2v) is 6.43. The summed E-state index contributed by atoms with van der Waals surface area (Å²) in [7, 11) is -0.953. The van der Waals surface area contributed by atoms with Crippen molar-refractivity contribution in [3.8, 4) is 17.2 Å². The molecule has 6 nitrogen and oxygen atoms in total. The van der Waals surface area contributed by atoms with Gasteiger partial charge in [0.25, 0.3) is 0 Å². The van der Waals surface area contributed by atoms with Crippen molar-refractivity contribution in [2.24, 2.45) is 0 Å². The lowest BCUT2D eigenvalue weighted by Gasteiger charge is -2.12. The van der Waals surface area contributed by atoms with E-state index in [9.17, 15) is 12.8 Å². The fourth-order valence-electron chi connectivity index (χ4n) is 1.97. The first-order chi connectivity index (χ1) is 11.5. The van der Waals surface area contributed by atoms with Crippen molar-refractivity contribution in [2.45, 2.75) is 4.90 Å². The van der Waals surface area contributed by atoms with E-state index in [0.717, 1.165) is 0 Å². The Morgan fingerprint density at radius 2 is 1.79 bits per heavy atom. The van der Waals surface area contributed by atoms with Crippen molar-refractivity contribution in [3.05, 3.63) is 48.3 Å². The summed E-state index contributed by atoms with van der Waals surface area (Å²) < 4.78 is 55.8. The maximum Gasteiger partial charge on any atom is 0.244 e. The largest absolute Gasteiger partial charge is 0.497 e. The number of benzene rings is 2. The molecule has 2 aromatic carbocycles. The van der Waals surface area contributed by atoms with E-state index >= 15 is 0 Å². The van der Waals surface area contributed by atoms with Gasteiger partial charge in [0.2, 0.25) is 10.0 Å². The van der Waals surface area contributed by atoms with E-state index in [1.54, 1.807) is 12.1 Å². The molecule has 0 aliphatic heterocycles. The van der Waals surface area contributed by atoms with Crippen LogP contribution >= 0.6 is 0 Å². The van der Waals surface area contributed by atoms with Crippen molar-refractivity contribution in [1.82, 2.24) is 4.72 Å². The zero-order chi connectivity index (χ0) is 17.6. The second-order valence-electron chi connectivity index (χ2n) is 4.69. The third kappa shape index (κ3) is 4.36. The summed E-state index contributed by atoms with van der Waals surface area (Å²) in [5.74, 6) is 0.210. The molecule has 0 heterocycles. The van der Waals surface area contributed by atoms with Gasteiger partial charge in [-0.1, -0.05) is 12.1 Å². The smallest absolute Gasteiger partial charge is 0.244 e. The summed E-state index contributed by atoms with van der Waals surface area (Å²) in [5, 5.41) is 0. The van der Waals surface area contributed by atoms with Gasteiger partial charge >= 0.3 is 0 Å². The fraction of sp³-hybridized carbons (Fsp3) is 0.250. The van der Waals surface area contributed by atoms with Crippen LogP contribution in [0.2, 0.25) is 0 Å². The maximum atomic E-state index is 13.4. The predicted molar refractivity (Wildman–Crippen MR) is 86.6 cm³/mol. The number of sulfonamides is 1. The highest BCUT2D eigenvalue weighted by molar-refractivity contribution is 7.89. The second kappa shape index (κ2) is 7.98. The van der Waals surface area contributed by atoms with E-state index in [4.69, 9.17) is 14.2 Å².